The minimum Gasteiger partial charge on any atom is -0.355 e. The largest absolute Gasteiger partial charge is 0.355 e. The van der Waals surface area contributed by atoms with Crippen LogP contribution in [0.2, 0.25) is 0 Å². The molecule has 10 heteroatoms. The van der Waals surface area contributed by atoms with Crippen LogP contribution in [-0.2, 0) is 36.1 Å². The number of amides is 2. The van der Waals surface area contributed by atoms with Crippen molar-refractivity contribution >= 4 is 38.2 Å². The van der Waals surface area contributed by atoms with Gasteiger partial charge in [0.05, 0.1) is 10.5 Å². The van der Waals surface area contributed by atoms with Gasteiger partial charge in [0.25, 0.3) is 11.8 Å². The number of carbonyl (C=O) groups is 2. The average Bonchev–Trinajstić information content (AvgIpc) is 3.37. The summed E-state index contributed by atoms with van der Waals surface area (Å²) in [6, 6.07) is 25.4. The average molecular weight is 617 g/mol. The first-order valence-electron chi connectivity index (χ1n) is 14.3. The number of nitrogens with one attached hydrogen (secondary N) is 2. The topological polar surface area (TPSA) is 98.8 Å². The van der Waals surface area contributed by atoms with Gasteiger partial charge in [-0.2, -0.15) is 4.31 Å². The summed E-state index contributed by atoms with van der Waals surface area (Å²) in [6.45, 7) is 6.24. The van der Waals surface area contributed by atoms with E-state index >= 15 is 0 Å². The Morgan fingerprint density at radius 3 is 2.14 bits per heavy atom. The standard InChI is InChI=1S/C33H36N4O4S2/c1-23(2)37(21-25-12-8-5-9-13-25)43(40,41)27-16-14-26(15-17-27)31(38)35-33-30(32(39)34-3)28-18-19-36(22-29(28)42-33)20-24-10-6-4-7-11-24/h4-17,23H,18-22H2,1-3H3,(H,34,39)(H,35,38). The van der Waals surface area contributed by atoms with Gasteiger partial charge in [-0.25, -0.2) is 8.42 Å². The second kappa shape index (κ2) is 13.2. The Balaban J connectivity index is 1.34. The molecule has 0 saturated carbocycles. The third-order valence-electron chi connectivity index (χ3n) is 7.55. The van der Waals surface area contributed by atoms with Crippen LogP contribution >= 0.6 is 11.3 Å². The van der Waals surface area contributed by atoms with Gasteiger partial charge >= 0.3 is 0 Å². The van der Waals surface area contributed by atoms with E-state index in [9.17, 15) is 18.0 Å². The smallest absolute Gasteiger partial charge is 0.256 e. The summed E-state index contributed by atoms with van der Waals surface area (Å²) >= 11 is 1.42. The lowest BCUT2D eigenvalue weighted by molar-refractivity contribution is 0.0962. The molecular weight excluding hydrogens is 581 g/mol. The van der Waals surface area contributed by atoms with Gasteiger partial charge in [0.2, 0.25) is 10.0 Å². The summed E-state index contributed by atoms with van der Waals surface area (Å²) in [6.07, 6.45) is 0.708. The van der Waals surface area contributed by atoms with Gasteiger partial charge in [-0.05, 0) is 61.2 Å². The highest BCUT2D eigenvalue weighted by molar-refractivity contribution is 7.89. The minimum atomic E-state index is -3.81. The Kier molecular flexibility index (Phi) is 9.41. The lowest BCUT2D eigenvalue weighted by Gasteiger charge is -2.27. The SMILES string of the molecule is CNC(=O)c1c(NC(=O)c2ccc(S(=O)(=O)N(Cc3ccccc3)C(C)C)cc2)sc2c1CCN(Cc1ccccc1)C2. The van der Waals surface area contributed by atoms with Crippen LogP contribution in [-0.4, -0.2) is 49.1 Å². The van der Waals surface area contributed by atoms with Crippen LogP contribution in [0.5, 0.6) is 0 Å². The number of nitrogens with zero attached hydrogens (tertiary/aromatic N) is 2. The van der Waals surface area contributed by atoms with Gasteiger partial charge in [0.15, 0.2) is 0 Å². The van der Waals surface area contributed by atoms with Gasteiger partial charge in [-0.3, -0.25) is 14.5 Å². The molecule has 0 bridgehead atoms. The third kappa shape index (κ3) is 6.88. The van der Waals surface area contributed by atoms with Crippen LogP contribution in [0.3, 0.4) is 0 Å². The van der Waals surface area contributed by atoms with Gasteiger partial charge in [0, 0.05) is 49.7 Å². The van der Waals surface area contributed by atoms with E-state index in [0.29, 0.717) is 29.1 Å². The molecular formula is C33H36N4O4S2. The second-order valence-corrected chi connectivity index (χ2v) is 13.8. The normalized spacial score (nSPS) is 13.6. The molecule has 0 atom stereocenters. The van der Waals surface area contributed by atoms with E-state index in [2.05, 4.69) is 27.7 Å². The molecule has 8 nitrogen and oxygen atoms in total. The highest BCUT2D eigenvalue weighted by atomic mass is 32.2. The zero-order valence-corrected chi connectivity index (χ0v) is 26.2. The molecule has 3 aromatic carbocycles. The Morgan fingerprint density at radius 2 is 1.53 bits per heavy atom. The van der Waals surface area contributed by atoms with E-state index in [1.807, 2.05) is 62.4 Å². The molecule has 0 radical (unpaired) electrons. The second-order valence-electron chi connectivity index (χ2n) is 10.8. The maximum absolute atomic E-state index is 13.5. The molecule has 0 unspecified atom stereocenters. The molecule has 0 saturated heterocycles. The van der Waals surface area contributed by atoms with Crippen LogP contribution in [0.25, 0.3) is 0 Å². The summed E-state index contributed by atoms with van der Waals surface area (Å²) in [5.41, 5.74) is 3.90. The summed E-state index contributed by atoms with van der Waals surface area (Å²) in [4.78, 5) is 29.8. The fraction of sp³-hybridized carbons (Fsp3) is 0.273. The zero-order valence-electron chi connectivity index (χ0n) is 24.5. The van der Waals surface area contributed by atoms with Crippen molar-refractivity contribution in [2.75, 3.05) is 18.9 Å². The van der Waals surface area contributed by atoms with Crippen molar-refractivity contribution in [3.63, 3.8) is 0 Å². The van der Waals surface area contributed by atoms with E-state index in [1.165, 1.54) is 45.5 Å². The van der Waals surface area contributed by atoms with Crippen LogP contribution in [0.4, 0.5) is 5.00 Å². The maximum Gasteiger partial charge on any atom is 0.256 e. The van der Waals surface area contributed by atoms with Crippen LogP contribution in [0.1, 0.15) is 56.1 Å². The molecule has 1 aromatic heterocycles. The fourth-order valence-corrected chi connectivity index (χ4v) is 8.19. The molecule has 1 aliphatic rings. The summed E-state index contributed by atoms with van der Waals surface area (Å²) in [5, 5.41) is 6.15. The molecule has 224 valence electrons. The van der Waals surface area contributed by atoms with Crippen molar-refractivity contribution in [3.8, 4) is 0 Å². The first kappa shape index (κ1) is 30.6. The summed E-state index contributed by atoms with van der Waals surface area (Å²) < 4.78 is 28.5. The van der Waals surface area contributed by atoms with E-state index in [4.69, 9.17) is 0 Å². The zero-order chi connectivity index (χ0) is 30.6. The molecule has 43 heavy (non-hydrogen) atoms. The quantitative estimate of drug-likeness (QED) is 0.245. The van der Waals surface area contributed by atoms with E-state index in [0.717, 1.165) is 29.1 Å². The van der Waals surface area contributed by atoms with Gasteiger partial charge < -0.3 is 10.6 Å². The van der Waals surface area contributed by atoms with Gasteiger partial charge in [-0.1, -0.05) is 60.7 Å². The summed E-state index contributed by atoms with van der Waals surface area (Å²) in [7, 11) is -2.22. The molecule has 2 amide bonds. The molecule has 1 aliphatic heterocycles. The number of hydrogen-bond acceptors (Lipinski definition) is 6. The number of carbonyl (C=O) groups excluding carboxylic acids is 2. The predicted octanol–water partition coefficient (Wildman–Crippen LogP) is 5.52. The number of hydrogen-bond donors (Lipinski definition) is 2. The lowest BCUT2D eigenvalue weighted by atomic mass is 10.0. The molecule has 4 aromatic rings. The van der Waals surface area contributed by atoms with Crippen molar-refractivity contribution in [3.05, 3.63) is 118 Å². The molecule has 2 heterocycles. The van der Waals surface area contributed by atoms with Crippen molar-refractivity contribution < 1.29 is 18.0 Å². The van der Waals surface area contributed by atoms with Crippen molar-refractivity contribution in [2.45, 2.75) is 50.8 Å². The molecule has 0 aliphatic carbocycles. The highest BCUT2D eigenvalue weighted by Gasteiger charge is 2.30. The first-order valence-corrected chi connectivity index (χ1v) is 16.5. The Hall–Kier alpha value is -3.83. The number of thiophene rings is 1. The van der Waals surface area contributed by atoms with Crippen molar-refractivity contribution in [1.82, 2.24) is 14.5 Å². The Bertz CT molecular complexity index is 1690. The third-order valence-corrected chi connectivity index (χ3v) is 10.7. The van der Waals surface area contributed by atoms with Gasteiger partial charge in [0.1, 0.15) is 5.00 Å². The maximum atomic E-state index is 13.5. The highest BCUT2D eigenvalue weighted by Crippen LogP contribution is 2.38. The van der Waals surface area contributed by atoms with Crippen LogP contribution in [0, 0.1) is 0 Å². The predicted molar refractivity (Wildman–Crippen MR) is 171 cm³/mol. The number of benzene rings is 3. The van der Waals surface area contributed by atoms with Crippen molar-refractivity contribution in [1.29, 1.82) is 0 Å². The fourth-order valence-electron chi connectivity index (χ4n) is 5.28. The van der Waals surface area contributed by atoms with Gasteiger partial charge in [-0.15, -0.1) is 11.3 Å². The Morgan fingerprint density at radius 1 is 0.907 bits per heavy atom. The number of rotatable bonds is 10. The summed E-state index contributed by atoms with van der Waals surface area (Å²) in [5.74, 6) is -0.642. The minimum absolute atomic E-state index is 0.116. The molecule has 5 rings (SSSR count). The number of anilines is 1. The molecule has 0 fully saturated rings. The van der Waals surface area contributed by atoms with Crippen molar-refractivity contribution in [2.24, 2.45) is 0 Å². The van der Waals surface area contributed by atoms with Crippen LogP contribution in [0.15, 0.2) is 89.8 Å². The van der Waals surface area contributed by atoms with E-state index in [1.54, 1.807) is 7.05 Å². The monoisotopic (exact) mass is 616 g/mol. The molecule has 0 spiro atoms. The number of fused-ring (bicyclic) bond motifs is 1. The first-order chi connectivity index (χ1) is 20.7. The molecule has 2 N–H and O–H groups in total. The van der Waals surface area contributed by atoms with E-state index in [-0.39, 0.29) is 23.4 Å². The van der Waals surface area contributed by atoms with E-state index < -0.39 is 15.9 Å². The lowest BCUT2D eigenvalue weighted by Crippen LogP contribution is -2.36. The number of sulfonamides is 1. The Labute approximate surface area is 257 Å². The van der Waals surface area contributed by atoms with Crippen LogP contribution < -0.4 is 10.6 Å².